The van der Waals surface area contributed by atoms with E-state index in [-0.39, 0.29) is 17.6 Å². The first-order chi connectivity index (χ1) is 15.4. The number of nitrogens with one attached hydrogen (secondary N) is 1. The Hall–Kier alpha value is -2.38. The van der Waals surface area contributed by atoms with Crippen LogP contribution in [-0.2, 0) is 27.0 Å². The molecule has 172 valence electrons. The van der Waals surface area contributed by atoms with E-state index >= 15 is 0 Å². The predicted molar refractivity (Wildman–Crippen MR) is 128 cm³/mol. The Morgan fingerprint density at radius 2 is 1.84 bits per heavy atom. The zero-order valence-electron chi connectivity index (χ0n) is 18.8. The number of fused-ring (bicyclic) bond motifs is 1. The number of para-hydroxylation sites is 1. The van der Waals surface area contributed by atoms with Gasteiger partial charge in [-0.15, -0.1) is 0 Å². The van der Waals surface area contributed by atoms with Crippen molar-refractivity contribution in [1.82, 2.24) is 9.62 Å². The van der Waals surface area contributed by atoms with Gasteiger partial charge in [-0.2, -0.15) is 0 Å². The molecule has 0 saturated carbocycles. The number of hydrogen-bond acceptors (Lipinski definition) is 4. The molecule has 2 aromatic rings. The highest BCUT2D eigenvalue weighted by atomic mass is 32.2. The summed E-state index contributed by atoms with van der Waals surface area (Å²) in [5, 5.41) is 3.07. The molecule has 1 saturated heterocycles. The van der Waals surface area contributed by atoms with Gasteiger partial charge in [0.25, 0.3) is 0 Å². The third-order valence-corrected chi connectivity index (χ3v) is 8.39. The highest BCUT2D eigenvalue weighted by molar-refractivity contribution is 7.88. The molecule has 6 nitrogen and oxygen atoms in total. The molecule has 0 atom stereocenters. The van der Waals surface area contributed by atoms with Crippen molar-refractivity contribution in [3.63, 3.8) is 0 Å². The molecule has 2 aliphatic rings. The average Bonchev–Trinajstić information content (AvgIpc) is 3.19. The summed E-state index contributed by atoms with van der Waals surface area (Å²) >= 11 is 0. The molecule has 0 spiro atoms. The summed E-state index contributed by atoms with van der Waals surface area (Å²) in [6.45, 7) is 5.43. The molecular weight excluding hydrogens is 422 g/mol. The van der Waals surface area contributed by atoms with E-state index in [1.807, 2.05) is 31.2 Å². The summed E-state index contributed by atoms with van der Waals surface area (Å²) in [6, 6.07) is 16.1. The van der Waals surface area contributed by atoms with Gasteiger partial charge in [-0.05, 0) is 49.8 Å². The van der Waals surface area contributed by atoms with E-state index in [9.17, 15) is 13.2 Å². The van der Waals surface area contributed by atoms with Crippen molar-refractivity contribution in [3.05, 3.63) is 65.2 Å². The lowest BCUT2D eigenvalue weighted by Gasteiger charge is -2.30. The summed E-state index contributed by atoms with van der Waals surface area (Å²) < 4.78 is 27.1. The molecule has 0 radical (unpaired) electrons. The summed E-state index contributed by atoms with van der Waals surface area (Å²) in [4.78, 5) is 15.0. The van der Waals surface area contributed by atoms with Crippen LogP contribution in [0.2, 0.25) is 0 Å². The van der Waals surface area contributed by atoms with E-state index in [4.69, 9.17) is 0 Å². The second-order valence-electron chi connectivity index (χ2n) is 8.93. The zero-order chi connectivity index (χ0) is 22.6. The summed E-state index contributed by atoms with van der Waals surface area (Å²) in [6.07, 6.45) is 3.16. The van der Waals surface area contributed by atoms with Gasteiger partial charge in [0.05, 0.1) is 5.75 Å². The molecule has 0 unspecified atom stereocenters. The third kappa shape index (κ3) is 5.51. The van der Waals surface area contributed by atoms with Crippen molar-refractivity contribution in [2.75, 3.05) is 37.6 Å². The minimum Gasteiger partial charge on any atom is -0.371 e. The first-order valence-corrected chi connectivity index (χ1v) is 13.2. The van der Waals surface area contributed by atoms with Gasteiger partial charge in [-0.3, -0.25) is 4.79 Å². The summed E-state index contributed by atoms with van der Waals surface area (Å²) in [5.41, 5.74) is 4.59. The van der Waals surface area contributed by atoms with Gasteiger partial charge in [0.1, 0.15) is 0 Å². The number of amides is 1. The monoisotopic (exact) mass is 455 g/mol. The normalized spacial score (nSPS) is 17.3. The maximum atomic E-state index is 12.8. The van der Waals surface area contributed by atoms with E-state index in [0.717, 1.165) is 37.1 Å². The quantitative estimate of drug-likeness (QED) is 0.621. The number of benzene rings is 2. The van der Waals surface area contributed by atoms with Crippen molar-refractivity contribution in [2.45, 2.75) is 38.4 Å². The Morgan fingerprint density at radius 1 is 1.06 bits per heavy atom. The van der Waals surface area contributed by atoms with E-state index in [1.165, 1.54) is 11.3 Å². The van der Waals surface area contributed by atoms with Gasteiger partial charge in [0.2, 0.25) is 15.9 Å². The Labute approximate surface area is 191 Å². The first-order valence-electron chi connectivity index (χ1n) is 11.6. The maximum Gasteiger partial charge on any atom is 0.223 e. The number of rotatable bonds is 8. The summed E-state index contributed by atoms with van der Waals surface area (Å²) in [5.74, 6) is -0.0268. The average molecular weight is 456 g/mol. The van der Waals surface area contributed by atoms with Crippen LogP contribution >= 0.6 is 0 Å². The second kappa shape index (κ2) is 10.0. The Bertz CT molecular complexity index is 1050. The van der Waals surface area contributed by atoms with Crippen LogP contribution in [-0.4, -0.2) is 51.4 Å². The molecule has 2 heterocycles. The van der Waals surface area contributed by atoms with Crippen molar-refractivity contribution >= 4 is 21.6 Å². The van der Waals surface area contributed by atoms with Crippen molar-refractivity contribution in [3.8, 4) is 0 Å². The molecule has 2 aromatic carbocycles. The SMILES string of the molecule is Cc1cccc(CS(=O)(=O)N2CCC(C(=O)NCCCN3CCc4ccccc43)CC2)c1. The van der Waals surface area contributed by atoms with E-state index in [0.29, 0.717) is 32.5 Å². The molecule has 4 rings (SSSR count). The van der Waals surface area contributed by atoms with E-state index in [1.54, 1.807) is 4.31 Å². The Kier molecular flexibility index (Phi) is 7.16. The number of sulfonamides is 1. The van der Waals surface area contributed by atoms with Crippen LogP contribution in [0.4, 0.5) is 5.69 Å². The van der Waals surface area contributed by atoms with Crippen molar-refractivity contribution in [1.29, 1.82) is 0 Å². The van der Waals surface area contributed by atoms with Crippen LogP contribution in [0.25, 0.3) is 0 Å². The number of carbonyl (C=O) groups is 1. The molecule has 0 aromatic heterocycles. The molecule has 7 heteroatoms. The lowest BCUT2D eigenvalue weighted by atomic mass is 9.97. The smallest absolute Gasteiger partial charge is 0.223 e. The fourth-order valence-corrected chi connectivity index (χ4v) is 6.32. The Balaban J connectivity index is 1.18. The van der Waals surface area contributed by atoms with E-state index < -0.39 is 10.0 Å². The van der Waals surface area contributed by atoms with Gasteiger partial charge < -0.3 is 10.2 Å². The number of hydrogen-bond donors (Lipinski definition) is 1. The minimum atomic E-state index is -3.36. The predicted octanol–water partition coefficient (Wildman–Crippen LogP) is 3.11. The molecule has 1 amide bonds. The van der Waals surface area contributed by atoms with Crippen LogP contribution < -0.4 is 10.2 Å². The van der Waals surface area contributed by atoms with Crippen molar-refractivity contribution < 1.29 is 13.2 Å². The van der Waals surface area contributed by atoms with Gasteiger partial charge >= 0.3 is 0 Å². The van der Waals surface area contributed by atoms with Crippen LogP contribution in [0.3, 0.4) is 0 Å². The molecule has 1 N–H and O–H groups in total. The molecule has 1 fully saturated rings. The zero-order valence-corrected chi connectivity index (χ0v) is 19.6. The number of nitrogens with zero attached hydrogens (tertiary/aromatic N) is 2. The number of carbonyl (C=O) groups excluding carboxylic acids is 1. The molecule has 32 heavy (non-hydrogen) atoms. The standard InChI is InChI=1S/C25H33N3O3S/c1-20-6-4-7-21(18-20)19-32(30,31)28-16-11-23(12-17-28)25(29)26-13-5-14-27-15-10-22-8-2-3-9-24(22)27/h2-4,6-9,18,23H,5,10-17,19H2,1H3,(H,26,29). The van der Waals surface area contributed by atoms with Crippen LogP contribution in [0.5, 0.6) is 0 Å². The molecule has 0 bridgehead atoms. The van der Waals surface area contributed by atoms with Gasteiger partial charge in [0.15, 0.2) is 0 Å². The Morgan fingerprint density at radius 3 is 2.62 bits per heavy atom. The van der Waals surface area contributed by atoms with Crippen LogP contribution in [0, 0.1) is 12.8 Å². The maximum absolute atomic E-state index is 12.8. The fraction of sp³-hybridized carbons (Fsp3) is 0.480. The largest absolute Gasteiger partial charge is 0.371 e. The lowest BCUT2D eigenvalue weighted by molar-refractivity contribution is -0.126. The van der Waals surface area contributed by atoms with Gasteiger partial charge in [-0.25, -0.2) is 12.7 Å². The van der Waals surface area contributed by atoms with Crippen LogP contribution in [0.15, 0.2) is 48.5 Å². The highest BCUT2D eigenvalue weighted by Gasteiger charge is 2.31. The minimum absolute atomic E-state index is 0.0190. The summed E-state index contributed by atoms with van der Waals surface area (Å²) in [7, 11) is -3.36. The first kappa shape index (κ1) is 22.8. The van der Waals surface area contributed by atoms with Gasteiger partial charge in [-0.1, -0.05) is 48.0 Å². The highest BCUT2D eigenvalue weighted by Crippen LogP contribution is 2.27. The van der Waals surface area contributed by atoms with Gasteiger partial charge in [0, 0.05) is 44.3 Å². The van der Waals surface area contributed by atoms with Crippen LogP contribution in [0.1, 0.15) is 36.0 Å². The van der Waals surface area contributed by atoms with E-state index in [2.05, 4.69) is 34.5 Å². The third-order valence-electron chi connectivity index (χ3n) is 6.54. The van der Waals surface area contributed by atoms with Crippen molar-refractivity contribution in [2.24, 2.45) is 5.92 Å². The molecule has 2 aliphatic heterocycles. The number of piperidine rings is 1. The molecule has 0 aliphatic carbocycles. The number of anilines is 1. The lowest BCUT2D eigenvalue weighted by Crippen LogP contribution is -2.43. The fourth-order valence-electron chi connectivity index (χ4n) is 4.76. The molecular formula is C25H33N3O3S. The second-order valence-corrected chi connectivity index (χ2v) is 10.9. The number of aryl methyl sites for hydroxylation is 1. The topological polar surface area (TPSA) is 69.7 Å².